The quantitative estimate of drug-likeness (QED) is 0.815. The highest BCUT2D eigenvalue weighted by Gasteiger charge is 2.09. The molecule has 0 atom stereocenters. The summed E-state index contributed by atoms with van der Waals surface area (Å²) in [6.45, 7) is 0.213. The van der Waals surface area contributed by atoms with Gasteiger partial charge in [-0.05, 0) is 35.7 Å². The molecule has 0 aliphatic rings. The van der Waals surface area contributed by atoms with Crippen LogP contribution in [0.5, 0.6) is 0 Å². The van der Waals surface area contributed by atoms with Crippen LogP contribution in [0.2, 0.25) is 0 Å². The molecule has 2 N–H and O–H groups in total. The second kappa shape index (κ2) is 8.76. The zero-order chi connectivity index (χ0) is 17.4. The van der Waals surface area contributed by atoms with Crippen LogP contribution < -0.4 is 10.6 Å². The van der Waals surface area contributed by atoms with E-state index in [-0.39, 0.29) is 30.3 Å². The summed E-state index contributed by atoms with van der Waals surface area (Å²) in [6.07, 6.45) is 0.449. The van der Waals surface area contributed by atoms with Crippen LogP contribution in [0.1, 0.15) is 11.1 Å². The molecule has 0 spiro atoms. The van der Waals surface area contributed by atoms with Gasteiger partial charge in [-0.15, -0.1) is 0 Å². The van der Waals surface area contributed by atoms with E-state index in [1.54, 1.807) is 24.3 Å². The Morgan fingerprint density at radius 2 is 1.58 bits per heavy atom. The maximum absolute atomic E-state index is 13.4. The summed E-state index contributed by atoms with van der Waals surface area (Å²) in [5.41, 5.74) is 1.19. The maximum atomic E-state index is 13.4. The van der Waals surface area contributed by atoms with Crippen molar-refractivity contribution < 1.29 is 18.4 Å². The molecular weight excluding hydrogens is 314 g/mol. The average Bonchev–Trinajstić information content (AvgIpc) is 2.57. The van der Waals surface area contributed by atoms with Crippen LogP contribution in [-0.2, 0) is 22.4 Å². The Morgan fingerprint density at radius 3 is 2.29 bits per heavy atom. The molecule has 2 amide bonds. The Bertz CT molecular complexity index is 702. The van der Waals surface area contributed by atoms with E-state index < -0.39 is 11.7 Å². The summed E-state index contributed by atoms with van der Waals surface area (Å²) in [7, 11) is 0. The monoisotopic (exact) mass is 332 g/mol. The highest BCUT2D eigenvalue weighted by molar-refractivity contribution is 5.85. The molecule has 0 bridgehead atoms. The van der Waals surface area contributed by atoms with Crippen LogP contribution >= 0.6 is 0 Å². The zero-order valence-electron chi connectivity index (χ0n) is 13.0. The van der Waals surface area contributed by atoms with Gasteiger partial charge in [-0.2, -0.15) is 0 Å². The summed E-state index contributed by atoms with van der Waals surface area (Å²) in [5.74, 6) is -1.51. The Morgan fingerprint density at radius 1 is 0.875 bits per heavy atom. The van der Waals surface area contributed by atoms with Crippen LogP contribution in [0.4, 0.5) is 8.78 Å². The Kier molecular flexibility index (Phi) is 6.42. The van der Waals surface area contributed by atoms with Gasteiger partial charge >= 0.3 is 0 Å². The van der Waals surface area contributed by atoms with Gasteiger partial charge in [0.05, 0.1) is 13.0 Å². The molecule has 0 aliphatic heterocycles. The number of hydrogen-bond acceptors (Lipinski definition) is 2. The third-order valence-corrected chi connectivity index (χ3v) is 3.40. The van der Waals surface area contributed by atoms with Crippen molar-refractivity contribution in [2.24, 2.45) is 0 Å². The summed E-state index contributed by atoms with van der Waals surface area (Å²) >= 11 is 0. The van der Waals surface area contributed by atoms with Gasteiger partial charge in [-0.25, -0.2) is 8.78 Å². The molecule has 6 heteroatoms. The molecule has 2 aromatic carbocycles. The van der Waals surface area contributed by atoms with Gasteiger partial charge < -0.3 is 10.6 Å². The normalized spacial score (nSPS) is 10.2. The minimum absolute atomic E-state index is 0.116. The highest BCUT2D eigenvalue weighted by Crippen LogP contribution is 2.06. The molecule has 4 nitrogen and oxygen atoms in total. The lowest BCUT2D eigenvalue weighted by atomic mass is 10.1. The third-order valence-electron chi connectivity index (χ3n) is 3.40. The Hall–Kier alpha value is -2.76. The summed E-state index contributed by atoms with van der Waals surface area (Å²) in [6, 6.07) is 12.0. The molecule has 0 aliphatic carbocycles. The lowest BCUT2D eigenvalue weighted by Gasteiger charge is -2.07. The van der Waals surface area contributed by atoms with Crippen LogP contribution in [0.15, 0.2) is 48.5 Å². The number of carbonyl (C=O) groups excluding carboxylic acids is 2. The van der Waals surface area contributed by atoms with Gasteiger partial charge in [0.2, 0.25) is 11.8 Å². The second-order valence-electron chi connectivity index (χ2n) is 5.27. The topological polar surface area (TPSA) is 58.2 Å². The van der Waals surface area contributed by atoms with Crippen molar-refractivity contribution in [2.75, 3.05) is 13.1 Å². The van der Waals surface area contributed by atoms with E-state index in [1.165, 1.54) is 24.3 Å². The summed E-state index contributed by atoms with van der Waals surface area (Å²) in [5, 5.41) is 5.10. The van der Waals surface area contributed by atoms with Gasteiger partial charge in [0.1, 0.15) is 11.6 Å². The van der Waals surface area contributed by atoms with Crippen molar-refractivity contribution in [1.29, 1.82) is 0 Å². The smallest absolute Gasteiger partial charge is 0.239 e. The molecule has 2 aromatic rings. The minimum Gasteiger partial charge on any atom is -0.354 e. The van der Waals surface area contributed by atoms with E-state index in [2.05, 4.69) is 10.6 Å². The van der Waals surface area contributed by atoms with E-state index in [0.717, 1.165) is 5.56 Å². The minimum atomic E-state index is -0.448. The molecule has 0 heterocycles. The van der Waals surface area contributed by atoms with Gasteiger partial charge in [0.25, 0.3) is 0 Å². The van der Waals surface area contributed by atoms with Gasteiger partial charge in [-0.1, -0.05) is 30.3 Å². The molecular formula is C18H18F2N2O2. The molecule has 0 saturated heterocycles. The third kappa shape index (κ3) is 5.79. The van der Waals surface area contributed by atoms with Crippen LogP contribution in [0.3, 0.4) is 0 Å². The SMILES string of the molecule is O=C(CNC(=O)Cc1ccccc1F)NCCc1ccc(F)cc1. The molecule has 0 aromatic heterocycles. The van der Waals surface area contributed by atoms with E-state index >= 15 is 0 Å². The lowest BCUT2D eigenvalue weighted by molar-refractivity contribution is -0.125. The standard InChI is InChI=1S/C18H18F2N2O2/c19-15-7-5-13(6-8-15)9-10-21-18(24)12-22-17(23)11-14-3-1-2-4-16(14)20/h1-8H,9-12H2,(H,21,24)(H,22,23). The highest BCUT2D eigenvalue weighted by atomic mass is 19.1. The Labute approximate surface area is 138 Å². The van der Waals surface area contributed by atoms with Crippen molar-refractivity contribution in [3.8, 4) is 0 Å². The average molecular weight is 332 g/mol. The predicted molar refractivity (Wildman–Crippen MR) is 86.2 cm³/mol. The first-order valence-corrected chi connectivity index (χ1v) is 7.56. The number of nitrogens with one attached hydrogen (secondary N) is 2. The number of benzene rings is 2. The molecule has 0 fully saturated rings. The number of halogens is 2. The molecule has 0 saturated carbocycles. The van der Waals surface area contributed by atoms with Crippen molar-refractivity contribution in [1.82, 2.24) is 10.6 Å². The number of carbonyl (C=O) groups is 2. The van der Waals surface area contributed by atoms with E-state index in [4.69, 9.17) is 0 Å². The van der Waals surface area contributed by atoms with Crippen molar-refractivity contribution in [3.63, 3.8) is 0 Å². The molecule has 2 rings (SSSR count). The number of hydrogen-bond donors (Lipinski definition) is 2. The van der Waals surface area contributed by atoms with Crippen LogP contribution in [0, 0.1) is 11.6 Å². The second-order valence-corrected chi connectivity index (χ2v) is 5.27. The first-order chi connectivity index (χ1) is 11.5. The Balaban J connectivity index is 1.66. The van der Waals surface area contributed by atoms with Crippen molar-refractivity contribution in [3.05, 3.63) is 71.3 Å². The first kappa shape index (κ1) is 17.6. The van der Waals surface area contributed by atoms with Gasteiger partial charge in [0.15, 0.2) is 0 Å². The number of rotatable bonds is 7. The summed E-state index contributed by atoms with van der Waals surface area (Å²) in [4.78, 5) is 23.4. The van der Waals surface area contributed by atoms with E-state index in [0.29, 0.717) is 13.0 Å². The fourth-order valence-electron chi connectivity index (χ4n) is 2.12. The maximum Gasteiger partial charge on any atom is 0.239 e. The lowest BCUT2D eigenvalue weighted by Crippen LogP contribution is -2.38. The van der Waals surface area contributed by atoms with Gasteiger partial charge in [-0.3, -0.25) is 9.59 Å². The van der Waals surface area contributed by atoms with Crippen molar-refractivity contribution >= 4 is 11.8 Å². The fraction of sp³-hybridized carbons (Fsp3) is 0.222. The fourth-order valence-corrected chi connectivity index (χ4v) is 2.12. The molecule has 126 valence electrons. The van der Waals surface area contributed by atoms with E-state index in [9.17, 15) is 18.4 Å². The largest absolute Gasteiger partial charge is 0.354 e. The van der Waals surface area contributed by atoms with Crippen LogP contribution in [0.25, 0.3) is 0 Å². The zero-order valence-corrected chi connectivity index (χ0v) is 13.0. The van der Waals surface area contributed by atoms with Crippen molar-refractivity contribution in [2.45, 2.75) is 12.8 Å². The first-order valence-electron chi connectivity index (χ1n) is 7.56. The molecule has 24 heavy (non-hydrogen) atoms. The summed E-state index contributed by atoms with van der Waals surface area (Å²) < 4.78 is 26.2. The molecule has 0 unspecified atom stereocenters. The van der Waals surface area contributed by atoms with Gasteiger partial charge in [0, 0.05) is 6.54 Å². The van der Waals surface area contributed by atoms with Crippen LogP contribution in [-0.4, -0.2) is 24.9 Å². The van der Waals surface area contributed by atoms with E-state index in [1.807, 2.05) is 0 Å². The predicted octanol–water partition coefficient (Wildman–Crippen LogP) is 1.98. The number of amides is 2. The molecule has 0 radical (unpaired) electrons.